The summed E-state index contributed by atoms with van der Waals surface area (Å²) in [6.07, 6.45) is 2.39. The van der Waals surface area contributed by atoms with Gasteiger partial charge in [0, 0.05) is 6.07 Å². The molecule has 0 aliphatic heterocycles. The third-order valence-corrected chi connectivity index (χ3v) is 3.03. The van der Waals surface area contributed by atoms with E-state index in [0.29, 0.717) is 5.76 Å². The zero-order valence-corrected chi connectivity index (χ0v) is 13.6. The van der Waals surface area contributed by atoms with E-state index in [0.717, 1.165) is 26.4 Å². The van der Waals surface area contributed by atoms with Crippen molar-refractivity contribution in [3.8, 4) is 5.75 Å². The van der Waals surface area contributed by atoms with Crippen LogP contribution in [0.3, 0.4) is 0 Å². The molecule has 0 atom stereocenters. The van der Waals surface area contributed by atoms with Gasteiger partial charge in [-0.2, -0.15) is 0 Å². The molecule has 0 spiro atoms. The minimum absolute atomic E-state index is 0.0988. The molecule has 0 saturated carbocycles. The Morgan fingerprint density at radius 3 is 2.68 bits per heavy atom. The third-order valence-electron chi connectivity index (χ3n) is 3.03. The first-order chi connectivity index (χ1) is 12.0. The van der Waals surface area contributed by atoms with Crippen molar-refractivity contribution in [2.75, 3.05) is 19.5 Å². The number of esters is 2. The average molecular weight is 349 g/mol. The monoisotopic (exact) mass is 349 g/mol. The molecule has 1 aromatic heterocycles. The lowest BCUT2D eigenvalue weighted by molar-refractivity contribution is -0.138. The van der Waals surface area contributed by atoms with Crippen LogP contribution in [0.1, 0.15) is 5.76 Å². The molecule has 0 fully saturated rings. The highest BCUT2D eigenvalue weighted by molar-refractivity contribution is 5.99. The van der Waals surface area contributed by atoms with Crippen LogP contribution in [-0.4, -0.2) is 26.2 Å². The number of halogens is 1. The fraction of sp³-hybridized carbons (Fsp3) is 0.176. The maximum atomic E-state index is 13.6. The van der Waals surface area contributed by atoms with Crippen LogP contribution in [0.25, 0.3) is 0 Å². The Balaban J connectivity index is 2.25. The average Bonchev–Trinajstić information content (AvgIpc) is 3.13. The molecule has 1 heterocycles. The van der Waals surface area contributed by atoms with Crippen molar-refractivity contribution in [2.24, 2.45) is 0 Å². The summed E-state index contributed by atoms with van der Waals surface area (Å²) in [5, 5.41) is 2.62. The number of hydrogen-bond acceptors (Lipinski definition) is 7. The lowest BCUT2D eigenvalue weighted by atomic mass is 10.2. The number of anilines is 1. The number of carbonyl (C=O) groups is 2. The summed E-state index contributed by atoms with van der Waals surface area (Å²) < 4.78 is 33.4. The highest BCUT2D eigenvalue weighted by Gasteiger charge is 2.16. The summed E-state index contributed by atoms with van der Waals surface area (Å²) in [6, 6.07) is 7.12. The number of hydrogen-bond donors (Lipinski definition) is 1. The predicted molar refractivity (Wildman–Crippen MR) is 85.2 cm³/mol. The molecule has 25 heavy (non-hydrogen) atoms. The van der Waals surface area contributed by atoms with Gasteiger partial charge in [0.25, 0.3) is 0 Å². The third kappa shape index (κ3) is 5.10. The molecule has 7 nitrogen and oxygen atoms in total. The van der Waals surface area contributed by atoms with Crippen LogP contribution in [0.2, 0.25) is 0 Å². The molecule has 0 bridgehead atoms. The number of ether oxygens (including phenoxy) is 3. The second kappa shape index (κ2) is 8.53. The summed E-state index contributed by atoms with van der Waals surface area (Å²) in [5.74, 6) is -1.35. The molecule has 1 N–H and O–H groups in total. The quantitative estimate of drug-likeness (QED) is 0.607. The van der Waals surface area contributed by atoms with Crippen LogP contribution in [0.4, 0.5) is 10.1 Å². The van der Waals surface area contributed by atoms with Crippen molar-refractivity contribution in [3.63, 3.8) is 0 Å². The zero-order chi connectivity index (χ0) is 18.2. The molecule has 8 heteroatoms. The van der Waals surface area contributed by atoms with E-state index < -0.39 is 17.8 Å². The normalized spacial score (nSPS) is 10.9. The lowest BCUT2D eigenvalue weighted by Gasteiger charge is -2.14. The van der Waals surface area contributed by atoms with Gasteiger partial charge in [0.15, 0.2) is 0 Å². The standard InChI is InChI=1S/C17H16FNO6/c1-22-16(20)9-14(17(21)23-2)19-13-8-11(18)5-6-15(13)25-10-12-4-3-7-24-12/h3-9,19H,10H2,1-2H3/b14-9+. The van der Waals surface area contributed by atoms with Crippen molar-refractivity contribution < 1.29 is 32.6 Å². The van der Waals surface area contributed by atoms with E-state index in [9.17, 15) is 14.0 Å². The van der Waals surface area contributed by atoms with Crippen LogP contribution in [0.5, 0.6) is 5.75 Å². The number of nitrogens with one attached hydrogen (secondary N) is 1. The van der Waals surface area contributed by atoms with Gasteiger partial charge in [-0.3, -0.25) is 0 Å². The number of carbonyl (C=O) groups excluding carboxylic acids is 2. The molecule has 0 unspecified atom stereocenters. The Morgan fingerprint density at radius 1 is 1.24 bits per heavy atom. The van der Waals surface area contributed by atoms with Crippen molar-refractivity contribution in [2.45, 2.75) is 6.61 Å². The largest absolute Gasteiger partial charge is 0.483 e. The van der Waals surface area contributed by atoms with Gasteiger partial charge in [0.1, 0.15) is 29.6 Å². The zero-order valence-electron chi connectivity index (χ0n) is 13.6. The van der Waals surface area contributed by atoms with Gasteiger partial charge < -0.3 is 23.9 Å². The smallest absolute Gasteiger partial charge is 0.354 e. The van der Waals surface area contributed by atoms with E-state index in [1.165, 1.54) is 18.4 Å². The SMILES string of the molecule is COC(=O)/C=C(/Nc1cc(F)ccc1OCc1ccco1)C(=O)OC. The summed E-state index contributed by atoms with van der Waals surface area (Å²) in [7, 11) is 2.31. The molecule has 2 rings (SSSR count). The van der Waals surface area contributed by atoms with Crippen LogP contribution in [0.15, 0.2) is 52.8 Å². The van der Waals surface area contributed by atoms with Gasteiger partial charge in [-0.15, -0.1) is 0 Å². The van der Waals surface area contributed by atoms with E-state index in [4.69, 9.17) is 9.15 Å². The van der Waals surface area contributed by atoms with Gasteiger partial charge >= 0.3 is 11.9 Å². The fourth-order valence-electron chi connectivity index (χ4n) is 1.85. The topological polar surface area (TPSA) is 87.0 Å². The molecule has 0 aliphatic rings. The minimum atomic E-state index is -0.827. The summed E-state index contributed by atoms with van der Waals surface area (Å²) in [4.78, 5) is 23.2. The van der Waals surface area contributed by atoms with Crippen molar-refractivity contribution in [1.82, 2.24) is 0 Å². The molecular formula is C17H16FNO6. The van der Waals surface area contributed by atoms with Gasteiger partial charge in [-0.05, 0) is 24.3 Å². The van der Waals surface area contributed by atoms with Crippen LogP contribution < -0.4 is 10.1 Å². The van der Waals surface area contributed by atoms with Gasteiger partial charge in [0.2, 0.25) is 0 Å². The number of furan rings is 1. The molecule has 0 saturated heterocycles. The molecule has 0 amide bonds. The van der Waals surface area contributed by atoms with E-state index in [2.05, 4.69) is 14.8 Å². The van der Waals surface area contributed by atoms with E-state index >= 15 is 0 Å². The number of methoxy groups -OCH3 is 2. The van der Waals surface area contributed by atoms with Crippen LogP contribution >= 0.6 is 0 Å². The predicted octanol–water partition coefficient (Wildman–Crippen LogP) is 2.64. The minimum Gasteiger partial charge on any atom is -0.483 e. The second-order valence-electron chi connectivity index (χ2n) is 4.71. The summed E-state index contributed by atoms with van der Waals surface area (Å²) >= 11 is 0. The Bertz CT molecular complexity index is 769. The molecule has 2 aromatic rings. The molecule has 132 valence electrons. The molecule has 1 aromatic carbocycles. The first-order valence-electron chi connectivity index (χ1n) is 7.13. The Hall–Kier alpha value is -3.29. The Labute approximate surface area is 143 Å². The molecule has 0 aliphatic carbocycles. The first-order valence-corrected chi connectivity index (χ1v) is 7.13. The Morgan fingerprint density at radius 2 is 2.04 bits per heavy atom. The second-order valence-corrected chi connectivity index (χ2v) is 4.71. The van der Waals surface area contributed by atoms with Gasteiger partial charge in [-0.1, -0.05) is 0 Å². The van der Waals surface area contributed by atoms with E-state index in [-0.39, 0.29) is 23.7 Å². The van der Waals surface area contributed by atoms with Gasteiger partial charge in [-0.25, -0.2) is 14.0 Å². The fourth-order valence-corrected chi connectivity index (χ4v) is 1.85. The van der Waals surface area contributed by atoms with Crippen molar-refractivity contribution >= 4 is 17.6 Å². The number of rotatable bonds is 7. The van der Waals surface area contributed by atoms with Crippen LogP contribution in [-0.2, 0) is 25.7 Å². The maximum absolute atomic E-state index is 13.6. The summed E-state index contributed by atoms with van der Waals surface area (Å²) in [5.41, 5.74) is -0.102. The highest BCUT2D eigenvalue weighted by atomic mass is 19.1. The van der Waals surface area contributed by atoms with Crippen LogP contribution in [0, 0.1) is 5.82 Å². The molecular weight excluding hydrogens is 333 g/mol. The highest BCUT2D eigenvalue weighted by Crippen LogP contribution is 2.28. The van der Waals surface area contributed by atoms with Crippen molar-refractivity contribution in [1.29, 1.82) is 0 Å². The van der Waals surface area contributed by atoms with Crippen molar-refractivity contribution in [3.05, 3.63) is 59.9 Å². The van der Waals surface area contributed by atoms with E-state index in [1.807, 2.05) is 0 Å². The molecule has 0 radical (unpaired) electrons. The maximum Gasteiger partial charge on any atom is 0.354 e. The Kier molecular flexibility index (Phi) is 6.16. The van der Waals surface area contributed by atoms with E-state index in [1.54, 1.807) is 12.1 Å². The number of benzene rings is 1. The van der Waals surface area contributed by atoms with Gasteiger partial charge in [0.05, 0.1) is 32.2 Å². The summed E-state index contributed by atoms with van der Waals surface area (Å²) in [6.45, 7) is 0.0988. The lowest BCUT2D eigenvalue weighted by Crippen LogP contribution is -2.16. The first kappa shape index (κ1) is 18.1.